The number of nitrogens with zero attached hydrogens (tertiary/aromatic N) is 3. The number of ether oxygens (including phenoxy) is 1. The van der Waals surface area contributed by atoms with E-state index in [9.17, 15) is 9.18 Å². The SMILES string of the molecule is N#CCCN(Cc1cccnc1)C(=O)Nc1ccccc1Oc1cccc(F)c1. The molecule has 0 saturated heterocycles. The molecule has 0 fully saturated rings. The Morgan fingerprint density at radius 1 is 1.17 bits per heavy atom. The maximum Gasteiger partial charge on any atom is 0.322 e. The second-order valence-corrected chi connectivity index (χ2v) is 6.18. The summed E-state index contributed by atoms with van der Waals surface area (Å²) < 4.78 is 19.2. The van der Waals surface area contributed by atoms with E-state index in [4.69, 9.17) is 10.00 Å². The molecule has 1 N–H and O–H groups in total. The van der Waals surface area contributed by atoms with Crippen molar-refractivity contribution in [1.29, 1.82) is 5.26 Å². The molecule has 0 spiro atoms. The number of pyridine rings is 1. The third-order valence-corrected chi connectivity index (χ3v) is 4.03. The summed E-state index contributed by atoms with van der Waals surface area (Å²) in [6, 6.07) is 18.0. The van der Waals surface area contributed by atoms with Crippen LogP contribution in [0.15, 0.2) is 73.1 Å². The van der Waals surface area contributed by atoms with E-state index in [0.717, 1.165) is 5.56 Å². The summed E-state index contributed by atoms with van der Waals surface area (Å²) in [4.78, 5) is 18.4. The van der Waals surface area contributed by atoms with Gasteiger partial charge in [-0.1, -0.05) is 24.3 Å². The van der Waals surface area contributed by atoms with Crippen LogP contribution in [0.5, 0.6) is 11.5 Å². The molecule has 0 atom stereocenters. The zero-order chi connectivity index (χ0) is 20.5. The number of hydrogen-bond acceptors (Lipinski definition) is 4. The number of amides is 2. The molecule has 3 rings (SSSR count). The minimum Gasteiger partial charge on any atom is -0.455 e. The second kappa shape index (κ2) is 9.85. The fourth-order valence-electron chi connectivity index (χ4n) is 2.66. The number of carbonyl (C=O) groups excluding carboxylic acids is 1. The van der Waals surface area contributed by atoms with Crippen LogP contribution < -0.4 is 10.1 Å². The van der Waals surface area contributed by atoms with Crippen LogP contribution in [0.1, 0.15) is 12.0 Å². The molecule has 3 aromatic rings. The molecule has 0 aliphatic heterocycles. The summed E-state index contributed by atoms with van der Waals surface area (Å²) in [5, 5.41) is 11.7. The van der Waals surface area contributed by atoms with Gasteiger partial charge >= 0.3 is 6.03 Å². The van der Waals surface area contributed by atoms with Crippen molar-refractivity contribution in [2.24, 2.45) is 0 Å². The molecule has 7 heteroatoms. The Morgan fingerprint density at radius 2 is 2.03 bits per heavy atom. The Kier molecular flexibility index (Phi) is 6.74. The van der Waals surface area contributed by atoms with E-state index in [2.05, 4.69) is 16.4 Å². The quantitative estimate of drug-likeness (QED) is 0.618. The number of para-hydroxylation sites is 2. The molecular formula is C22H19FN4O2. The average molecular weight is 390 g/mol. The molecule has 146 valence electrons. The van der Waals surface area contributed by atoms with Gasteiger partial charge in [0.05, 0.1) is 18.2 Å². The third-order valence-electron chi connectivity index (χ3n) is 4.03. The van der Waals surface area contributed by atoms with E-state index < -0.39 is 5.82 Å². The zero-order valence-corrected chi connectivity index (χ0v) is 15.6. The lowest BCUT2D eigenvalue weighted by atomic mass is 10.2. The minimum atomic E-state index is -0.414. The number of anilines is 1. The van der Waals surface area contributed by atoms with Crippen molar-refractivity contribution in [3.63, 3.8) is 0 Å². The fraction of sp³-hybridized carbons (Fsp3) is 0.136. The summed E-state index contributed by atoms with van der Waals surface area (Å²) in [5.41, 5.74) is 1.29. The van der Waals surface area contributed by atoms with Crippen LogP contribution in [-0.2, 0) is 6.54 Å². The molecule has 0 bridgehead atoms. The molecule has 1 aromatic heterocycles. The van der Waals surface area contributed by atoms with Crippen molar-refractivity contribution in [1.82, 2.24) is 9.88 Å². The molecule has 6 nitrogen and oxygen atoms in total. The Morgan fingerprint density at radius 3 is 2.79 bits per heavy atom. The van der Waals surface area contributed by atoms with Crippen molar-refractivity contribution >= 4 is 11.7 Å². The second-order valence-electron chi connectivity index (χ2n) is 6.18. The van der Waals surface area contributed by atoms with Gasteiger partial charge in [0.25, 0.3) is 0 Å². The smallest absolute Gasteiger partial charge is 0.322 e. The maximum atomic E-state index is 13.4. The first-order valence-corrected chi connectivity index (χ1v) is 9.00. The number of nitriles is 1. The van der Waals surface area contributed by atoms with Crippen LogP contribution in [0.25, 0.3) is 0 Å². The van der Waals surface area contributed by atoms with Crippen LogP contribution in [0.3, 0.4) is 0 Å². The molecular weight excluding hydrogens is 371 g/mol. The topological polar surface area (TPSA) is 78.2 Å². The van der Waals surface area contributed by atoms with Gasteiger partial charge in [0, 0.05) is 31.5 Å². The van der Waals surface area contributed by atoms with E-state index in [1.165, 1.54) is 17.0 Å². The number of carbonyl (C=O) groups is 1. The van der Waals surface area contributed by atoms with Crippen molar-refractivity contribution in [3.05, 3.63) is 84.4 Å². The van der Waals surface area contributed by atoms with E-state index in [1.54, 1.807) is 54.9 Å². The Hall–Kier alpha value is -3.92. The monoisotopic (exact) mass is 390 g/mol. The van der Waals surface area contributed by atoms with Crippen molar-refractivity contribution in [2.75, 3.05) is 11.9 Å². The fourth-order valence-corrected chi connectivity index (χ4v) is 2.66. The number of rotatable bonds is 7. The summed E-state index contributed by atoms with van der Waals surface area (Å²) in [7, 11) is 0. The lowest BCUT2D eigenvalue weighted by Crippen LogP contribution is -2.35. The number of aromatic nitrogens is 1. The highest BCUT2D eigenvalue weighted by molar-refractivity contribution is 5.91. The highest BCUT2D eigenvalue weighted by atomic mass is 19.1. The molecule has 0 aliphatic carbocycles. The molecule has 2 amide bonds. The van der Waals surface area contributed by atoms with Gasteiger partial charge in [0.1, 0.15) is 11.6 Å². The number of hydrogen-bond donors (Lipinski definition) is 1. The Bertz CT molecular complexity index is 1000. The first-order valence-electron chi connectivity index (χ1n) is 9.00. The molecule has 0 unspecified atom stereocenters. The predicted molar refractivity (Wildman–Crippen MR) is 107 cm³/mol. The van der Waals surface area contributed by atoms with Crippen LogP contribution in [0.4, 0.5) is 14.9 Å². The van der Waals surface area contributed by atoms with Gasteiger partial charge in [-0.15, -0.1) is 0 Å². The third kappa shape index (κ3) is 5.78. The van der Waals surface area contributed by atoms with E-state index in [0.29, 0.717) is 23.7 Å². The lowest BCUT2D eigenvalue weighted by molar-refractivity contribution is 0.210. The van der Waals surface area contributed by atoms with Crippen molar-refractivity contribution in [3.8, 4) is 17.6 Å². The molecule has 0 saturated carbocycles. The van der Waals surface area contributed by atoms with E-state index >= 15 is 0 Å². The predicted octanol–water partition coefficient (Wildman–Crippen LogP) is 4.96. The van der Waals surface area contributed by atoms with Gasteiger partial charge < -0.3 is 15.0 Å². The highest BCUT2D eigenvalue weighted by Crippen LogP contribution is 2.29. The largest absolute Gasteiger partial charge is 0.455 e. The van der Waals surface area contributed by atoms with Crippen LogP contribution in [-0.4, -0.2) is 22.5 Å². The van der Waals surface area contributed by atoms with Crippen LogP contribution in [0.2, 0.25) is 0 Å². The summed E-state index contributed by atoms with van der Waals surface area (Å²) in [6.07, 6.45) is 3.53. The van der Waals surface area contributed by atoms with Gasteiger partial charge in [-0.05, 0) is 35.9 Å². The van der Waals surface area contributed by atoms with E-state index in [-0.39, 0.29) is 19.0 Å². The summed E-state index contributed by atoms with van der Waals surface area (Å²) >= 11 is 0. The number of nitrogens with one attached hydrogen (secondary N) is 1. The average Bonchev–Trinajstić information content (AvgIpc) is 2.73. The van der Waals surface area contributed by atoms with Gasteiger partial charge in [-0.25, -0.2) is 9.18 Å². The van der Waals surface area contributed by atoms with Crippen LogP contribution in [0, 0.1) is 17.1 Å². The maximum absolute atomic E-state index is 13.4. The number of halogens is 1. The molecule has 29 heavy (non-hydrogen) atoms. The normalized spacial score (nSPS) is 10.1. The minimum absolute atomic E-state index is 0.203. The first kappa shape index (κ1) is 19.8. The highest BCUT2D eigenvalue weighted by Gasteiger charge is 2.16. The molecule has 1 heterocycles. The lowest BCUT2D eigenvalue weighted by Gasteiger charge is -2.23. The molecule has 0 radical (unpaired) electrons. The first-order chi connectivity index (χ1) is 14.2. The van der Waals surface area contributed by atoms with E-state index in [1.807, 2.05) is 6.07 Å². The van der Waals surface area contributed by atoms with Crippen molar-refractivity contribution < 1.29 is 13.9 Å². The Labute approximate surface area is 168 Å². The summed E-state index contributed by atoms with van der Waals surface area (Å²) in [6.45, 7) is 0.582. The van der Waals surface area contributed by atoms with Gasteiger partial charge in [-0.3, -0.25) is 4.98 Å². The molecule has 2 aromatic carbocycles. The van der Waals surface area contributed by atoms with Gasteiger partial charge in [-0.2, -0.15) is 5.26 Å². The number of urea groups is 1. The van der Waals surface area contributed by atoms with Gasteiger partial charge in [0.2, 0.25) is 0 Å². The van der Waals surface area contributed by atoms with Crippen molar-refractivity contribution in [2.45, 2.75) is 13.0 Å². The Balaban J connectivity index is 1.76. The zero-order valence-electron chi connectivity index (χ0n) is 15.6. The van der Waals surface area contributed by atoms with Crippen LogP contribution >= 0.6 is 0 Å². The summed E-state index contributed by atoms with van der Waals surface area (Å²) in [5.74, 6) is 0.291. The van der Waals surface area contributed by atoms with Gasteiger partial charge in [0.15, 0.2) is 5.75 Å². The standard InChI is InChI=1S/C22H19FN4O2/c23-18-7-3-8-19(14-18)29-21-10-2-1-9-20(21)26-22(28)27(13-5-11-24)16-17-6-4-12-25-15-17/h1-4,6-10,12,14-15H,5,13,16H2,(H,26,28). The molecule has 0 aliphatic rings. The number of benzene rings is 2.